The van der Waals surface area contributed by atoms with Gasteiger partial charge in [0.1, 0.15) is 0 Å². The fourth-order valence-electron chi connectivity index (χ4n) is 3.31. The number of hydrogen-bond acceptors (Lipinski definition) is 1. The molecule has 0 aromatic heterocycles. The van der Waals surface area contributed by atoms with Crippen LogP contribution in [0.2, 0.25) is 0 Å². The van der Waals surface area contributed by atoms with E-state index in [1.165, 1.54) is 55.2 Å². The van der Waals surface area contributed by atoms with E-state index in [1.54, 1.807) is 0 Å². The Morgan fingerprint density at radius 3 is 2.17 bits per heavy atom. The molecule has 1 aromatic carbocycles. The summed E-state index contributed by atoms with van der Waals surface area (Å²) in [7, 11) is 0. The summed E-state index contributed by atoms with van der Waals surface area (Å²) in [6, 6.07) is 6.92. The predicted molar refractivity (Wildman–Crippen MR) is 78.8 cm³/mol. The van der Waals surface area contributed by atoms with E-state index < -0.39 is 0 Å². The van der Waals surface area contributed by atoms with Crippen LogP contribution in [0.25, 0.3) is 0 Å². The lowest BCUT2D eigenvalue weighted by Crippen LogP contribution is -2.32. The molecule has 0 heterocycles. The van der Waals surface area contributed by atoms with Gasteiger partial charge in [0.15, 0.2) is 0 Å². The van der Waals surface area contributed by atoms with Crippen molar-refractivity contribution in [2.45, 2.75) is 64.8 Å². The maximum Gasteiger partial charge on any atom is 0.0108 e. The van der Waals surface area contributed by atoms with E-state index in [0.717, 1.165) is 12.3 Å². The average molecular weight is 245 g/mol. The minimum atomic E-state index is 0.350. The molecule has 2 N–H and O–H groups in total. The van der Waals surface area contributed by atoms with Crippen molar-refractivity contribution in [1.82, 2.24) is 0 Å². The number of hydrogen-bond donors (Lipinski definition) is 1. The number of rotatable bonds is 3. The van der Waals surface area contributed by atoms with Gasteiger partial charge in [-0.2, -0.15) is 0 Å². The van der Waals surface area contributed by atoms with Crippen LogP contribution in [0.5, 0.6) is 0 Å². The van der Waals surface area contributed by atoms with E-state index in [0.29, 0.717) is 6.04 Å². The topological polar surface area (TPSA) is 26.0 Å². The molecule has 2 rings (SSSR count). The summed E-state index contributed by atoms with van der Waals surface area (Å²) in [5.41, 5.74) is 10.8. The molecule has 1 saturated carbocycles. The Bertz CT molecular complexity index is 355. The van der Waals surface area contributed by atoms with Gasteiger partial charge in [0.05, 0.1) is 0 Å². The molecule has 0 spiro atoms. The lowest BCUT2D eigenvalue weighted by atomic mass is 9.86. The maximum absolute atomic E-state index is 6.49. The van der Waals surface area contributed by atoms with Gasteiger partial charge in [-0.25, -0.2) is 0 Å². The van der Waals surface area contributed by atoms with Gasteiger partial charge in [0, 0.05) is 6.04 Å². The van der Waals surface area contributed by atoms with Crippen LogP contribution in [0.15, 0.2) is 18.2 Å². The molecule has 0 bridgehead atoms. The van der Waals surface area contributed by atoms with Gasteiger partial charge in [-0.15, -0.1) is 0 Å². The summed E-state index contributed by atoms with van der Waals surface area (Å²) < 4.78 is 0. The van der Waals surface area contributed by atoms with Crippen molar-refractivity contribution in [3.63, 3.8) is 0 Å². The Labute approximate surface area is 112 Å². The van der Waals surface area contributed by atoms with Gasteiger partial charge < -0.3 is 5.73 Å². The smallest absolute Gasteiger partial charge is 0.0108 e. The standard InChI is InChI=1S/C17H27N/c1-13-8-7-9-14(2)16(13)12-17(18)15-10-5-3-4-6-11-15/h7-9,15,17H,3-6,10-12,18H2,1-2H3. The minimum Gasteiger partial charge on any atom is -0.327 e. The fraction of sp³-hybridized carbons (Fsp3) is 0.647. The molecular weight excluding hydrogens is 218 g/mol. The largest absolute Gasteiger partial charge is 0.327 e. The van der Waals surface area contributed by atoms with Gasteiger partial charge in [0.2, 0.25) is 0 Å². The van der Waals surface area contributed by atoms with Crippen molar-refractivity contribution in [2.75, 3.05) is 0 Å². The first-order valence-electron chi connectivity index (χ1n) is 7.49. The zero-order valence-corrected chi connectivity index (χ0v) is 11.9. The van der Waals surface area contributed by atoms with Crippen LogP contribution >= 0.6 is 0 Å². The van der Waals surface area contributed by atoms with E-state index in [2.05, 4.69) is 32.0 Å². The van der Waals surface area contributed by atoms with Gasteiger partial charge in [0.25, 0.3) is 0 Å². The minimum absolute atomic E-state index is 0.350. The van der Waals surface area contributed by atoms with Gasteiger partial charge in [-0.05, 0) is 55.7 Å². The predicted octanol–water partition coefficient (Wildman–Crippen LogP) is 4.14. The second kappa shape index (κ2) is 6.38. The summed E-state index contributed by atoms with van der Waals surface area (Å²) >= 11 is 0. The van der Waals surface area contributed by atoms with E-state index in [4.69, 9.17) is 5.73 Å². The fourth-order valence-corrected chi connectivity index (χ4v) is 3.31. The molecule has 1 fully saturated rings. The van der Waals surface area contributed by atoms with Crippen molar-refractivity contribution in [3.8, 4) is 0 Å². The van der Waals surface area contributed by atoms with Crippen molar-refractivity contribution in [3.05, 3.63) is 34.9 Å². The first kappa shape index (κ1) is 13.6. The van der Waals surface area contributed by atoms with E-state index >= 15 is 0 Å². The van der Waals surface area contributed by atoms with Gasteiger partial charge in [-0.3, -0.25) is 0 Å². The lowest BCUT2D eigenvalue weighted by molar-refractivity contribution is 0.372. The van der Waals surface area contributed by atoms with Crippen LogP contribution in [0.3, 0.4) is 0 Å². The molecule has 1 atom stereocenters. The Balaban J connectivity index is 2.03. The van der Waals surface area contributed by atoms with Crippen molar-refractivity contribution < 1.29 is 0 Å². The number of aryl methyl sites for hydroxylation is 2. The zero-order valence-electron chi connectivity index (χ0n) is 11.9. The quantitative estimate of drug-likeness (QED) is 0.796. The summed E-state index contributed by atoms with van der Waals surface area (Å²) in [5, 5.41) is 0. The molecule has 1 aliphatic carbocycles. The third-order valence-corrected chi connectivity index (χ3v) is 4.59. The average Bonchev–Trinajstić information content (AvgIpc) is 2.62. The van der Waals surface area contributed by atoms with Crippen LogP contribution < -0.4 is 5.73 Å². The SMILES string of the molecule is Cc1cccc(C)c1CC(N)C1CCCCCC1. The maximum atomic E-state index is 6.49. The molecule has 1 heteroatoms. The highest BCUT2D eigenvalue weighted by Crippen LogP contribution is 2.27. The number of nitrogens with two attached hydrogens (primary N) is 1. The van der Waals surface area contributed by atoms with Crippen LogP contribution in [-0.2, 0) is 6.42 Å². The summed E-state index contributed by atoms with van der Waals surface area (Å²) in [6.07, 6.45) is 9.32. The molecule has 1 nitrogen and oxygen atoms in total. The number of benzene rings is 1. The first-order chi connectivity index (χ1) is 8.68. The Morgan fingerprint density at radius 1 is 1.06 bits per heavy atom. The molecule has 0 amide bonds. The van der Waals surface area contributed by atoms with Crippen LogP contribution in [0.1, 0.15) is 55.2 Å². The normalized spacial score (nSPS) is 19.5. The third kappa shape index (κ3) is 3.35. The van der Waals surface area contributed by atoms with Gasteiger partial charge >= 0.3 is 0 Å². The molecule has 0 radical (unpaired) electrons. The highest BCUT2D eigenvalue weighted by Gasteiger charge is 2.20. The summed E-state index contributed by atoms with van der Waals surface area (Å²) in [5.74, 6) is 0.742. The van der Waals surface area contributed by atoms with Crippen molar-refractivity contribution in [1.29, 1.82) is 0 Å². The molecule has 1 unspecified atom stereocenters. The van der Waals surface area contributed by atoms with E-state index in [9.17, 15) is 0 Å². The second-order valence-electron chi connectivity index (χ2n) is 5.99. The highest BCUT2D eigenvalue weighted by molar-refractivity contribution is 5.34. The third-order valence-electron chi connectivity index (χ3n) is 4.59. The zero-order chi connectivity index (χ0) is 13.0. The monoisotopic (exact) mass is 245 g/mol. The Hall–Kier alpha value is -0.820. The second-order valence-corrected chi connectivity index (χ2v) is 5.99. The molecule has 0 saturated heterocycles. The van der Waals surface area contributed by atoms with Crippen molar-refractivity contribution >= 4 is 0 Å². The first-order valence-corrected chi connectivity index (χ1v) is 7.49. The molecule has 0 aliphatic heterocycles. The highest BCUT2D eigenvalue weighted by atomic mass is 14.6. The Kier molecular flexibility index (Phi) is 4.82. The molecular formula is C17H27N. The van der Waals surface area contributed by atoms with E-state index in [1.807, 2.05) is 0 Å². The molecule has 100 valence electrons. The van der Waals surface area contributed by atoms with Crippen LogP contribution in [0, 0.1) is 19.8 Å². The van der Waals surface area contributed by atoms with Crippen molar-refractivity contribution in [2.24, 2.45) is 11.7 Å². The summed E-state index contributed by atoms with van der Waals surface area (Å²) in [4.78, 5) is 0. The molecule has 1 aliphatic rings. The Morgan fingerprint density at radius 2 is 1.61 bits per heavy atom. The lowest BCUT2D eigenvalue weighted by Gasteiger charge is -2.24. The van der Waals surface area contributed by atoms with Crippen LogP contribution in [0.4, 0.5) is 0 Å². The van der Waals surface area contributed by atoms with Crippen LogP contribution in [-0.4, -0.2) is 6.04 Å². The molecule has 18 heavy (non-hydrogen) atoms. The molecule has 1 aromatic rings. The summed E-state index contributed by atoms with van der Waals surface area (Å²) in [6.45, 7) is 4.42. The van der Waals surface area contributed by atoms with Gasteiger partial charge in [-0.1, -0.05) is 43.9 Å². The van der Waals surface area contributed by atoms with E-state index in [-0.39, 0.29) is 0 Å².